The lowest BCUT2D eigenvalue weighted by Crippen LogP contribution is -2.24. The summed E-state index contributed by atoms with van der Waals surface area (Å²) in [6.07, 6.45) is 7.39. The first-order chi connectivity index (χ1) is 27.2. The van der Waals surface area contributed by atoms with E-state index >= 15 is 0 Å². The molecule has 2 aromatic carbocycles. The monoisotopic (exact) mass is 900 g/mol. The third-order valence-electron chi connectivity index (χ3n) is 9.93. The average molecular weight is 903 g/mol. The fraction of sp³-hybridized carbons (Fsp3) is 0.404. The predicted molar refractivity (Wildman–Crippen MR) is 246 cm³/mol. The van der Waals surface area contributed by atoms with E-state index in [1.165, 1.54) is 0 Å². The highest BCUT2D eigenvalue weighted by atomic mass is 35.5. The van der Waals surface area contributed by atoms with Gasteiger partial charge in [0.1, 0.15) is 6.10 Å². The second kappa shape index (κ2) is 20.0. The molecular weight excluding hydrogens is 850 g/mol. The van der Waals surface area contributed by atoms with E-state index in [0.29, 0.717) is 69.5 Å². The van der Waals surface area contributed by atoms with Crippen molar-refractivity contribution in [3.8, 4) is 10.4 Å². The minimum Gasteiger partial charge on any atom is -0.872 e. The molecule has 0 bridgehead atoms. The molecule has 2 heterocycles. The van der Waals surface area contributed by atoms with Crippen LogP contribution in [0.4, 0.5) is 0 Å². The summed E-state index contributed by atoms with van der Waals surface area (Å²) in [6.45, 7) is 19.4. The van der Waals surface area contributed by atoms with Crippen molar-refractivity contribution in [2.75, 3.05) is 26.4 Å². The number of carbonyl (C=O) groups excluding carboxylic acids is 1. The molecule has 0 saturated carbocycles. The molecule has 1 atom stereocenters. The lowest BCUT2D eigenvalue weighted by molar-refractivity contribution is -0.298. The number of ether oxygens (including phenoxy) is 2. The molecule has 3 aromatic rings. The number of aliphatic hydroxyl groups excluding tert-OH is 1. The molecular formula is C47H52Cl4O5S2. The molecule has 5 rings (SSSR count). The average Bonchev–Trinajstić information content (AvgIpc) is 3.35. The number of hydrogen-bond acceptors (Lipinski definition) is 6. The Morgan fingerprint density at radius 2 is 1.36 bits per heavy atom. The van der Waals surface area contributed by atoms with Gasteiger partial charge in [-0.15, -0.1) is 0 Å². The Kier molecular flexibility index (Phi) is 16.1. The van der Waals surface area contributed by atoms with Crippen LogP contribution in [0.25, 0.3) is 21.4 Å². The van der Waals surface area contributed by atoms with Crippen LogP contribution in [0.5, 0.6) is 0 Å². The number of ketones is 1. The van der Waals surface area contributed by atoms with Crippen LogP contribution in [0, 0.1) is 17.3 Å². The molecule has 1 aromatic heterocycles. The first kappa shape index (κ1) is 46.6. The predicted octanol–water partition coefficient (Wildman–Crippen LogP) is 13.3. The van der Waals surface area contributed by atoms with Crippen LogP contribution >= 0.6 is 69.5 Å². The number of allylic oxidation sites excluding steroid dienone is 4. The van der Waals surface area contributed by atoms with Crippen molar-refractivity contribution in [1.29, 1.82) is 0 Å². The summed E-state index contributed by atoms with van der Waals surface area (Å²) < 4.78 is 12.3. The van der Waals surface area contributed by atoms with E-state index in [0.717, 1.165) is 43.5 Å². The minimum atomic E-state index is -1.63. The molecule has 0 fully saturated rings. The fourth-order valence-electron chi connectivity index (χ4n) is 6.20. The molecule has 2 aliphatic rings. The largest absolute Gasteiger partial charge is 0.872 e. The van der Waals surface area contributed by atoms with Gasteiger partial charge in [-0.05, 0) is 120 Å². The Hall–Kier alpha value is -2.43. The maximum absolute atomic E-state index is 14.2. The number of rotatable bonds is 16. The molecule has 0 saturated heterocycles. The highest BCUT2D eigenvalue weighted by Crippen LogP contribution is 2.48. The van der Waals surface area contributed by atoms with Crippen molar-refractivity contribution in [1.82, 2.24) is 0 Å². The Bertz CT molecular complexity index is 2180. The number of aliphatic hydroxyl groups is 1. The highest BCUT2D eigenvalue weighted by Gasteiger charge is 2.35. The van der Waals surface area contributed by atoms with Crippen LogP contribution in [-0.4, -0.2) is 43.4 Å². The minimum absolute atomic E-state index is 0.00651. The summed E-state index contributed by atoms with van der Waals surface area (Å²) >= 11 is 28.6. The van der Waals surface area contributed by atoms with E-state index in [4.69, 9.17) is 55.9 Å². The van der Waals surface area contributed by atoms with E-state index in [2.05, 4.69) is 55.4 Å². The SMILES string of the molecule is CC(C)CCOCC(C)(C)C1=CC(=CC2=C([O-])C(=Cc3cc(-c4ccc(Cl)c(Cl)c4)[s+]c(C(C)(C)COCCC(C)C)c3)[C@H](O)C2=O)C=C(c2ccc(Cl)c(Cl)c2)S1. The van der Waals surface area contributed by atoms with E-state index in [9.17, 15) is 15.0 Å². The van der Waals surface area contributed by atoms with Crippen molar-refractivity contribution in [2.24, 2.45) is 17.3 Å². The highest BCUT2D eigenvalue weighted by molar-refractivity contribution is 8.11. The second-order valence-corrected chi connectivity index (χ2v) is 20.8. The van der Waals surface area contributed by atoms with Gasteiger partial charge >= 0.3 is 0 Å². The van der Waals surface area contributed by atoms with Gasteiger partial charge in [-0.1, -0.05) is 112 Å². The lowest BCUT2D eigenvalue weighted by atomic mass is 9.91. The smallest absolute Gasteiger partial charge is 0.238 e. The summed E-state index contributed by atoms with van der Waals surface area (Å²) in [5, 5.41) is 27.3. The van der Waals surface area contributed by atoms with Crippen LogP contribution < -0.4 is 5.11 Å². The molecule has 0 radical (unpaired) electrons. The van der Waals surface area contributed by atoms with Gasteiger partial charge in [0, 0.05) is 46.8 Å². The number of Topliss-reactive ketones (excluding diaryl/α,β-unsaturated/α-hetero) is 1. The Balaban J connectivity index is 1.58. The van der Waals surface area contributed by atoms with Gasteiger partial charge < -0.3 is 19.7 Å². The van der Waals surface area contributed by atoms with Crippen LogP contribution in [0.15, 0.2) is 94.1 Å². The molecule has 11 heteroatoms. The number of halogens is 4. The third kappa shape index (κ3) is 11.9. The van der Waals surface area contributed by atoms with Crippen LogP contribution in [0.1, 0.15) is 84.2 Å². The van der Waals surface area contributed by atoms with Crippen molar-refractivity contribution in [3.63, 3.8) is 0 Å². The molecule has 0 amide bonds. The summed E-state index contributed by atoms with van der Waals surface area (Å²) in [4.78, 5) is 17.5. The molecule has 1 N–H and O–H groups in total. The Morgan fingerprint density at radius 1 is 0.793 bits per heavy atom. The summed E-state index contributed by atoms with van der Waals surface area (Å²) in [7, 11) is 0. The third-order valence-corrected chi connectivity index (χ3v) is 14.3. The first-order valence-electron chi connectivity index (χ1n) is 19.5. The lowest BCUT2D eigenvalue weighted by Gasteiger charge is -2.31. The normalized spacial score (nSPS) is 18.0. The summed E-state index contributed by atoms with van der Waals surface area (Å²) in [6, 6.07) is 14.8. The molecule has 1 aliphatic carbocycles. The topological polar surface area (TPSA) is 78.8 Å². The molecule has 0 unspecified atom stereocenters. The maximum Gasteiger partial charge on any atom is 0.238 e. The van der Waals surface area contributed by atoms with Crippen LogP contribution in [0.3, 0.4) is 0 Å². The number of hydrogen-bond donors (Lipinski definition) is 1. The molecule has 0 spiro atoms. The molecule has 310 valence electrons. The zero-order valence-electron chi connectivity index (χ0n) is 34.3. The maximum atomic E-state index is 14.2. The van der Waals surface area contributed by atoms with Crippen molar-refractivity contribution in [2.45, 2.75) is 79.8 Å². The Morgan fingerprint density at radius 3 is 1.95 bits per heavy atom. The van der Waals surface area contributed by atoms with Crippen LogP contribution in [0.2, 0.25) is 20.1 Å². The zero-order valence-corrected chi connectivity index (χ0v) is 39.0. The van der Waals surface area contributed by atoms with E-state index in [1.807, 2.05) is 42.5 Å². The van der Waals surface area contributed by atoms with Gasteiger partial charge in [0.05, 0.1) is 38.7 Å². The van der Waals surface area contributed by atoms with E-state index in [1.54, 1.807) is 53.4 Å². The van der Waals surface area contributed by atoms with Gasteiger partial charge in [-0.2, -0.15) is 0 Å². The Labute approximate surface area is 372 Å². The first-order valence-corrected chi connectivity index (χ1v) is 22.6. The van der Waals surface area contributed by atoms with Gasteiger partial charge in [-0.3, -0.25) is 4.79 Å². The van der Waals surface area contributed by atoms with Gasteiger partial charge in [0.25, 0.3) is 0 Å². The van der Waals surface area contributed by atoms with Crippen molar-refractivity contribution >= 4 is 86.3 Å². The van der Waals surface area contributed by atoms with Crippen molar-refractivity contribution in [3.05, 3.63) is 130 Å². The van der Waals surface area contributed by atoms with Crippen LogP contribution in [-0.2, 0) is 19.7 Å². The molecule has 5 nitrogen and oxygen atoms in total. The van der Waals surface area contributed by atoms with Gasteiger partial charge in [0.15, 0.2) is 5.78 Å². The number of carbonyl (C=O) groups is 1. The van der Waals surface area contributed by atoms with Crippen molar-refractivity contribution < 1.29 is 24.5 Å². The standard InChI is InChI=1S/C47H52Cl4O5S2/c1-27(2)13-15-55-25-46(5,6)41-21-29(19-39(57-41)31-9-11-35(48)37(50)23-31)17-33-43(52)34(45(54)44(33)53)18-30-20-40(32-10-12-36(49)38(51)24-32)58-42(22-30)47(7,8)26-56-16-14-28(3)4/h9-12,17-24,27-28,44,53H,13-16,25-26H2,1-8H3/t44-/m0/s1. The molecule has 58 heavy (non-hydrogen) atoms. The summed E-state index contributed by atoms with van der Waals surface area (Å²) in [5.41, 5.74) is 2.10. The van der Waals surface area contributed by atoms with E-state index in [-0.39, 0.29) is 11.1 Å². The van der Waals surface area contributed by atoms with E-state index < -0.39 is 28.5 Å². The number of benzene rings is 2. The fourth-order valence-corrected chi connectivity index (χ4v) is 9.21. The molecule has 1 aliphatic heterocycles. The van der Waals surface area contributed by atoms with Gasteiger partial charge in [0.2, 0.25) is 21.1 Å². The zero-order chi connectivity index (χ0) is 42.5. The summed E-state index contributed by atoms with van der Waals surface area (Å²) in [5.74, 6) is -0.127. The quantitative estimate of drug-likeness (QED) is 0.114. The second-order valence-electron chi connectivity index (χ2n) is 17.0. The number of thioether (sulfide) groups is 1. The van der Waals surface area contributed by atoms with Gasteiger partial charge in [-0.25, -0.2) is 0 Å².